The molecule has 50 nitrogen and oxygen atoms in total. The molecule has 0 aromatic heterocycles. The van der Waals surface area contributed by atoms with E-state index >= 15 is 0 Å². The first-order chi connectivity index (χ1) is 59.3. The maximum Gasteiger partial charge on any atom is 0.327 e. The zero-order valence-electron chi connectivity index (χ0n) is 73.0. The molecule has 15 atom stereocenters. The number of nitrogens with zero attached hydrogens (tertiary/aromatic N) is 1. The minimum atomic E-state index is -2.09. The molecule has 0 aromatic rings. The maximum atomic E-state index is 14.8. The normalized spacial score (nSPS) is 15.6. The SMILES string of the molecule is CC(C)C[C@H](NC(=O)[C@H](C)N)C(=O)N[C@@H](CCC(=O)O)C(=O)N[C@@H](CCCNC(=N)N)C(=O)N[C@@H](CCCNC(=N)N)C(=O)N[C@@H](CCCNC(=N)N)C(=O)N[C@@H](CC(=O)O)C(=O)N1CCC[C@H]1C(=O)N[C@@H](CCC(=O)O)C(=O)N[C@@H](CCC(N)=O)C(=O)N[C@H](C(=O)N[C@@H](CC(C)C)C(=O)N[C@@H](CC(C)C)C(=O)N[C@@H](CCC(N)=O)C(=O)N[C@@H](CS)C(=O)O)C(C)C. The molecule has 0 radical (unpaired) electrons. The van der Waals surface area contributed by atoms with Gasteiger partial charge in [0.1, 0.15) is 84.6 Å². The van der Waals surface area contributed by atoms with E-state index < -0.39 is 291 Å². The lowest BCUT2D eigenvalue weighted by atomic mass is 9.98. The standard InChI is InChI=1S/C76H132N26O24S/c1-35(2)30-47(96-59(111)39(9)77)67(119)94-45(20-24-55(105)106)63(115)91-41(15-11-27-87-75(82)83)61(113)89-40(14-10-26-86-74(80)81)60(112)90-42(16-12-28-88-76(84)85)62(114)99-50(33-57(109)110)72(124)102-29-13-17-52(102)70(122)95-46(21-25-56(107)108)64(116)92-44(19-23-54(79)104)66(118)101-58(38(7)8)71(123)98-49(32-37(5)6)69(121)97-48(31-36(3)4)68(120)93-43(18-22-53(78)103)65(117)100-51(34-127)73(125)126/h35-52,58,127H,10-34,77H2,1-9H3,(H2,78,103)(H2,79,104)(H,89,113)(H,90,112)(H,91,115)(H,92,116)(H,93,120)(H,94,119)(H,95,122)(H,96,111)(H,97,121)(H,98,123)(H,99,114)(H,100,117)(H,101,118)(H,105,106)(H,107,108)(H,109,110)(H,125,126)(H4,80,81,86)(H4,82,83,87)(H4,84,85,88)/t39-,40-,41-,42-,43-,44-,45-,46-,47-,48-,49-,50-,51-,52-,58-/m0/s1. The van der Waals surface area contributed by atoms with Crippen molar-refractivity contribution in [2.45, 2.75) is 281 Å². The van der Waals surface area contributed by atoms with E-state index in [1.165, 1.54) is 20.8 Å². The van der Waals surface area contributed by atoms with Crippen molar-refractivity contribution < 1.29 is 116 Å². The number of hydrogen-bond donors (Lipinski definition) is 30. The highest BCUT2D eigenvalue weighted by molar-refractivity contribution is 7.80. The van der Waals surface area contributed by atoms with Gasteiger partial charge in [-0.05, 0) is 127 Å². The van der Waals surface area contributed by atoms with Gasteiger partial charge in [0.05, 0.1) is 12.5 Å². The summed E-state index contributed by atoms with van der Waals surface area (Å²) in [5.74, 6) is -26.4. The fourth-order valence-corrected chi connectivity index (χ4v) is 13.1. The molecule has 1 saturated heterocycles. The van der Waals surface area contributed by atoms with Gasteiger partial charge < -0.3 is 145 Å². The molecular formula is C76H132N26O24S. The molecule has 0 spiro atoms. The number of nitrogens with two attached hydrogens (primary N) is 6. The van der Waals surface area contributed by atoms with Crippen LogP contribution < -0.4 is 119 Å². The second-order valence-electron chi connectivity index (χ2n) is 32.3. The van der Waals surface area contributed by atoms with Crippen LogP contribution in [0.15, 0.2) is 0 Å². The molecule has 51 heteroatoms. The van der Waals surface area contributed by atoms with Crippen molar-refractivity contribution in [3.05, 3.63) is 0 Å². The van der Waals surface area contributed by atoms with Crippen LogP contribution >= 0.6 is 12.6 Å². The topological polar surface area (TPSA) is 846 Å². The largest absolute Gasteiger partial charge is 0.481 e. The van der Waals surface area contributed by atoms with Crippen molar-refractivity contribution in [2.75, 3.05) is 31.9 Å². The van der Waals surface area contributed by atoms with Gasteiger partial charge in [0, 0.05) is 57.6 Å². The highest BCUT2D eigenvalue weighted by atomic mass is 32.1. The van der Waals surface area contributed by atoms with Gasteiger partial charge in [-0.2, -0.15) is 12.6 Å². The van der Waals surface area contributed by atoms with E-state index in [4.69, 9.17) is 50.6 Å². The smallest absolute Gasteiger partial charge is 0.327 e. The molecule has 0 unspecified atom stereocenters. The summed E-state index contributed by atoms with van der Waals surface area (Å²) in [6.07, 6.45) is -7.65. The second kappa shape index (κ2) is 57.9. The number of carbonyl (C=O) groups excluding carboxylic acids is 16. The molecule has 1 aliphatic rings. The number of rotatable bonds is 62. The van der Waals surface area contributed by atoms with E-state index in [0.29, 0.717) is 0 Å². The summed E-state index contributed by atoms with van der Waals surface area (Å²) in [5.41, 5.74) is 33.1. The van der Waals surface area contributed by atoms with Crippen molar-refractivity contribution in [2.24, 2.45) is 58.1 Å². The lowest BCUT2D eigenvalue weighted by Gasteiger charge is -2.31. The van der Waals surface area contributed by atoms with Gasteiger partial charge in [0.2, 0.25) is 94.5 Å². The van der Waals surface area contributed by atoms with Gasteiger partial charge in [-0.1, -0.05) is 55.4 Å². The minimum Gasteiger partial charge on any atom is -0.481 e. The predicted molar refractivity (Wildman–Crippen MR) is 458 cm³/mol. The molecule has 127 heavy (non-hydrogen) atoms. The number of guanidine groups is 3. The fraction of sp³-hybridized carbons (Fsp3) is 0.697. The van der Waals surface area contributed by atoms with Crippen LogP contribution in [-0.4, -0.2) is 284 Å². The number of thiol groups is 1. The number of carboxylic acids is 4. The van der Waals surface area contributed by atoms with Gasteiger partial charge in [0.15, 0.2) is 17.9 Å². The third kappa shape index (κ3) is 45.3. The Morgan fingerprint density at radius 3 is 0.937 bits per heavy atom. The third-order valence-electron chi connectivity index (χ3n) is 19.3. The minimum absolute atomic E-state index is 0.00854. The van der Waals surface area contributed by atoms with E-state index in [0.717, 1.165) is 4.90 Å². The molecule has 1 heterocycles. The van der Waals surface area contributed by atoms with Crippen molar-refractivity contribution >= 4 is 149 Å². The zero-order chi connectivity index (χ0) is 96.8. The number of carbonyl (C=O) groups is 20. The van der Waals surface area contributed by atoms with E-state index in [9.17, 15) is 116 Å². The summed E-state index contributed by atoms with van der Waals surface area (Å²) in [6.45, 7) is 13.9. The number of nitrogens with one attached hydrogen (secondary N) is 19. The quantitative estimate of drug-likeness (QED) is 0.0116. The number of likely N-dealkylation sites (tertiary alicyclic amines) is 1. The van der Waals surface area contributed by atoms with Gasteiger partial charge in [-0.25, -0.2) is 4.79 Å². The van der Waals surface area contributed by atoms with E-state index in [-0.39, 0.29) is 120 Å². The van der Waals surface area contributed by atoms with Crippen LogP contribution in [0.4, 0.5) is 0 Å². The van der Waals surface area contributed by atoms with Crippen LogP contribution in [0.1, 0.15) is 191 Å². The van der Waals surface area contributed by atoms with Crippen LogP contribution in [0.5, 0.6) is 0 Å². The van der Waals surface area contributed by atoms with Crippen molar-refractivity contribution in [3.8, 4) is 0 Å². The molecular weight excluding hydrogens is 1690 g/mol. The highest BCUT2D eigenvalue weighted by Gasteiger charge is 2.43. The van der Waals surface area contributed by atoms with Gasteiger partial charge in [0.25, 0.3) is 0 Å². The summed E-state index contributed by atoms with van der Waals surface area (Å²) in [6, 6.07) is -24.1. The van der Waals surface area contributed by atoms with Crippen LogP contribution in [0.3, 0.4) is 0 Å². The van der Waals surface area contributed by atoms with Crippen molar-refractivity contribution in [1.82, 2.24) is 90.0 Å². The second-order valence-corrected chi connectivity index (χ2v) is 32.6. The highest BCUT2D eigenvalue weighted by Crippen LogP contribution is 2.22. The summed E-state index contributed by atoms with van der Waals surface area (Å²) >= 11 is 3.94. The van der Waals surface area contributed by atoms with Gasteiger partial charge in [-0.3, -0.25) is 107 Å². The molecule has 0 aliphatic carbocycles. The van der Waals surface area contributed by atoms with Crippen LogP contribution in [0, 0.1) is 39.9 Å². The Balaban J connectivity index is 3.90. The van der Waals surface area contributed by atoms with E-state index in [1.54, 1.807) is 41.5 Å². The Bertz CT molecular complexity index is 3860. The Morgan fingerprint density at radius 2 is 0.646 bits per heavy atom. The maximum absolute atomic E-state index is 14.8. The van der Waals surface area contributed by atoms with E-state index in [1.807, 2.05) is 0 Å². The first-order valence-electron chi connectivity index (χ1n) is 41.6. The number of carboxylic acid groups (broad SMARTS) is 4. The Morgan fingerprint density at radius 1 is 0.362 bits per heavy atom. The Kier molecular flexibility index (Phi) is 51.3. The number of hydrogen-bond acceptors (Lipinski definition) is 25. The summed E-state index contributed by atoms with van der Waals surface area (Å²) in [4.78, 5) is 273. The predicted octanol–water partition coefficient (Wildman–Crippen LogP) is -8.04. The summed E-state index contributed by atoms with van der Waals surface area (Å²) < 4.78 is 0. The zero-order valence-corrected chi connectivity index (χ0v) is 73.9. The molecule has 16 amide bonds. The molecule has 1 rings (SSSR count). The average molecular weight is 1830 g/mol. The molecule has 716 valence electrons. The molecule has 1 aliphatic heterocycles. The molecule has 35 N–H and O–H groups in total. The van der Waals surface area contributed by atoms with Gasteiger partial charge in [-0.15, -0.1) is 0 Å². The molecule has 1 fully saturated rings. The molecule has 0 bridgehead atoms. The van der Waals surface area contributed by atoms with Crippen molar-refractivity contribution in [3.63, 3.8) is 0 Å². The van der Waals surface area contributed by atoms with Crippen LogP contribution in [0.2, 0.25) is 0 Å². The van der Waals surface area contributed by atoms with Crippen LogP contribution in [-0.2, 0) is 95.9 Å². The Hall–Kier alpha value is -12.5. The lowest BCUT2D eigenvalue weighted by molar-refractivity contribution is -0.146. The average Bonchev–Trinajstić information content (AvgIpc) is 1.71. The lowest BCUT2D eigenvalue weighted by Crippen LogP contribution is -2.61. The number of aliphatic carboxylic acids is 4. The summed E-state index contributed by atoms with van der Waals surface area (Å²) in [7, 11) is 0. The third-order valence-corrected chi connectivity index (χ3v) is 19.7. The van der Waals surface area contributed by atoms with Gasteiger partial charge >= 0.3 is 23.9 Å². The van der Waals surface area contributed by atoms with E-state index in [2.05, 4.69) is 97.7 Å². The Labute approximate surface area is 739 Å². The fourth-order valence-electron chi connectivity index (χ4n) is 12.8. The molecule has 0 saturated carbocycles. The number of amides is 16. The van der Waals surface area contributed by atoms with Crippen LogP contribution in [0.25, 0.3) is 0 Å². The first-order valence-corrected chi connectivity index (χ1v) is 42.2. The summed E-state index contributed by atoms with van der Waals surface area (Å²) in [5, 5.41) is 102. The first kappa shape index (κ1) is 113. The number of primary amides is 2. The van der Waals surface area contributed by atoms with Crippen molar-refractivity contribution in [1.29, 1.82) is 16.2 Å². The monoisotopic (exact) mass is 1820 g/mol. The molecule has 0 aromatic carbocycles.